The minimum Gasteiger partial charge on any atom is -0.381 e. The predicted molar refractivity (Wildman–Crippen MR) is 77.8 cm³/mol. The number of rotatable bonds is 4. The Labute approximate surface area is 123 Å². The van der Waals surface area contributed by atoms with Crippen LogP contribution in [0, 0.1) is 16.0 Å². The van der Waals surface area contributed by atoms with E-state index in [1.807, 2.05) is 13.8 Å². The molecule has 1 fully saturated rings. The molecule has 6 nitrogen and oxygen atoms in total. The second-order valence-electron chi connectivity index (χ2n) is 5.83. The molecule has 1 heterocycles. The molecule has 1 N–H and O–H groups in total. The number of ether oxygens (including phenoxy) is 1. The lowest BCUT2D eigenvalue weighted by Crippen LogP contribution is -2.45. The van der Waals surface area contributed by atoms with Crippen molar-refractivity contribution in [2.24, 2.45) is 5.92 Å². The van der Waals surface area contributed by atoms with E-state index >= 15 is 0 Å². The van der Waals surface area contributed by atoms with Crippen LogP contribution in [-0.4, -0.2) is 24.0 Å². The van der Waals surface area contributed by atoms with Crippen molar-refractivity contribution in [2.45, 2.75) is 32.2 Å². The molecule has 1 aromatic rings. The third-order valence-electron chi connectivity index (χ3n) is 3.77. The number of carbonyl (C=O) groups is 1. The van der Waals surface area contributed by atoms with Crippen molar-refractivity contribution in [3.05, 3.63) is 39.9 Å². The van der Waals surface area contributed by atoms with Crippen molar-refractivity contribution in [1.29, 1.82) is 0 Å². The third kappa shape index (κ3) is 3.78. The molecule has 0 aromatic heterocycles. The summed E-state index contributed by atoms with van der Waals surface area (Å²) in [6.07, 6.45) is 1.73. The average molecular weight is 292 g/mol. The minimum absolute atomic E-state index is 0.0296. The van der Waals surface area contributed by atoms with Gasteiger partial charge < -0.3 is 10.1 Å². The number of amides is 1. The van der Waals surface area contributed by atoms with Crippen LogP contribution in [-0.2, 0) is 15.1 Å². The van der Waals surface area contributed by atoms with Gasteiger partial charge in [-0.25, -0.2) is 0 Å². The van der Waals surface area contributed by atoms with E-state index in [1.54, 1.807) is 12.1 Å². The molecule has 6 heteroatoms. The molecule has 2 rings (SSSR count). The van der Waals surface area contributed by atoms with Crippen LogP contribution in [0.2, 0.25) is 0 Å². The summed E-state index contributed by atoms with van der Waals surface area (Å²) in [6, 6.07) is 6.26. The van der Waals surface area contributed by atoms with E-state index < -0.39 is 10.5 Å². The van der Waals surface area contributed by atoms with Crippen LogP contribution < -0.4 is 5.32 Å². The zero-order valence-electron chi connectivity index (χ0n) is 12.3. The number of hydrogen-bond donors (Lipinski definition) is 1. The summed E-state index contributed by atoms with van der Waals surface area (Å²) in [7, 11) is 0. The number of hydrogen-bond acceptors (Lipinski definition) is 4. The van der Waals surface area contributed by atoms with Crippen LogP contribution in [0.15, 0.2) is 24.3 Å². The summed E-state index contributed by atoms with van der Waals surface area (Å²) in [5.74, 6) is -0.144. The Balaban J connectivity index is 2.06. The fourth-order valence-corrected chi connectivity index (χ4v) is 2.43. The molecule has 21 heavy (non-hydrogen) atoms. The Morgan fingerprint density at radius 1 is 1.38 bits per heavy atom. The van der Waals surface area contributed by atoms with Crippen LogP contribution in [0.25, 0.3) is 0 Å². The number of non-ortho nitro benzene ring substituents is 1. The second kappa shape index (κ2) is 6.22. The predicted octanol–water partition coefficient (Wildman–Crippen LogP) is 2.37. The Kier molecular flexibility index (Phi) is 4.57. The highest BCUT2D eigenvalue weighted by Gasteiger charge is 2.28. The summed E-state index contributed by atoms with van der Waals surface area (Å²) in [4.78, 5) is 22.5. The molecule has 1 aliphatic rings. The van der Waals surface area contributed by atoms with E-state index in [2.05, 4.69) is 5.32 Å². The number of nitro groups is 1. The second-order valence-corrected chi connectivity index (χ2v) is 5.83. The Morgan fingerprint density at radius 2 is 2.05 bits per heavy atom. The van der Waals surface area contributed by atoms with Crippen LogP contribution in [0.4, 0.5) is 5.69 Å². The zero-order chi connectivity index (χ0) is 15.5. The van der Waals surface area contributed by atoms with E-state index in [-0.39, 0.29) is 17.5 Å². The molecule has 1 atom stereocenters. The average Bonchev–Trinajstić information content (AvgIpc) is 2.48. The zero-order valence-corrected chi connectivity index (χ0v) is 12.3. The molecular weight excluding hydrogens is 272 g/mol. The Hall–Kier alpha value is -1.95. The maximum Gasteiger partial charge on any atom is 0.269 e. The first-order valence-corrected chi connectivity index (χ1v) is 7.05. The monoisotopic (exact) mass is 292 g/mol. The van der Waals surface area contributed by atoms with Gasteiger partial charge in [0.05, 0.1) is 23.0 Å². The smallest absolute Gasteiger partial charge is 0.269 e. The number of carbonyl (C=O) groups excluding carboxylic acids is 1. The van der Waals surface area contributed by atoms with Crippen molar-refractivity contribution in [3.8, 4) is 0 Å². The van der Waals surface area contributed by atoms with Gasteiger partial charge in [-0.05, 0) is 44.4 Å². The summed E-state index contributed by atoms with van der Waals surface area (Å²) >= 11 is 0. The molecule has 114 valence electrons. The van der Waals surface area contributed by atoms with E-state index in [9.17, 15) is 14.9 Å². The lowest BCUT2D eigenvalue weighted by atomic mass is 9.92. The SMILES string of the molecule is CC(C)(NC(=O)C1CCCOC1)c1ccc([N+](=O)[O-])cc1. The van der Waals surface area contributed by atoms with Crippen molar-refractivity contribution in [3.63, 3.8) is 0 Å². The lowest BCUT2D eigenvalue weighted by molar-refractivity contribution is -0.384. The first kappa shape index (κ1) is 15.4. The topological polar surface area (TPSA) is 81.5 Å². The first-order valence-electron chi connectivity index (χ1n) is 7.05. The van der Waals surface area contributed by atoms with Gasteiger partial charge in [0.2, 0.25) is 5.91 Å². The fourth-order valence-electron chi connectivity index (χ4n) is 2.43. The lowest BCUT2D eigenvalue weighted by Gasteiger charge is -2.30. The van der Waals surface area contributed by atoms with Gasteiger partial charge >= 0.3 is 0 Å². The van der Waals surface area contributed by atoms with Crippen LogP contribution in [0.3, 0.4) is 0 Å². The van der Waals surface area contributed by atoms with Gasteiger partial charge in [-0.2, -0.15) is 0 Å². The molecule has 0 radical (unpaired) electrons. The fraction of sp³-hybridized carbons (Fsp3) is 0.533. The molecule has 1 amide bonds. The summed E-state index contributed by atoms with van der Waals surface area (Å²) in [6.45, 7) is 4.95. The van der Waals surface area contributed by atoms with Gasteiger partial charge in [-0.15, -0.1) is 0 Å². The van der Waals surface area contributed by atoms with Gasteiger partial charge in [0.25, 0.3) is 5.69 Å². The van der Waals surface area contributed by atoms with Gasteiger partial charge in [-0.1, -0.05) is 0 Å². The van der Waals surface area contributed by atoms with Crippen molar-refractivity contribution in [2.75, 3.05) is 13.2 Å². The van der Waals surface area contributed by atoms with E-state index in [0.717, 1.165) is 25.0 Å². The maximum atomic E-state index is 12.3. The molecule has 1 aromatic carbocycles. The maximum absolute atomic E-state index is 12.3. The summed E-state index contributed by atoms with van der Waals surface area (Å²) in [5.41, 5.74) is 0.295. The van der Waals surface area contributed by atoms with Crippen LogP contribution in [0.1, 0.15) is 32.3 Å². The van der Waals surface area contributed by atoms with Crippen molar-refractivity contribution < 1.29 is 14.5 Å². The van der Waals surface area contributed by atoms with Crippen LogP contribution >= 0.6 is 0 Å². The molecule has 0 spiro atoms. The summed E-state index contributed by atoms with van der Waals surface area (Å²) < 4.78 is 5.33. The van der Waals surface area contributed by atoms with Gasteiger partial charge in [0, 0.05) is 18.7 Å². The van der Waals surface area contributed by atoms with E-state index in [1.165, 1.54) is 12.1 Å². The van der Waals surface area contributed by atoms with Gasteiger partial charge in [0.1, 0.15) is 0 Å². The Morgan fingerprint density at radius 3 is 2.57 bits per heavy atom. The van der Waals surface area contributed by atoms with E-state index in [0.29, 0.717) is 6.61 Å². The number of nitro benzene ring substituents is 1. The van der Waals surface area contributed by atoms with Gasteiger partial charge in [0.15, 0.2) is 0 Å². The minimum atomic E-state index is -0.580. The number of nitrogens with zero attached hydrogens (tertiary/aromatic N) is 1. The molecule has 0 bridgehead atoms. The number of nitrogens with one attached hydrogen (secondary N) is 1. The molecule has 1 saturated heterocycles. The van der Waals surface area contributed by atoms with Crippen molar-refractivity contribution in [1.82, 2.24) is 5.32 Å². The molecular formula is C15H20N2O4. The highest BCUT2D eigenvalue weighted by molar-refractivity contribution is 5.79. The van der Waals surface area contributed by atoms with Gasteiger partial charge in [-0.3, -0.25) is 14.9 Å². The van der Waals surface area contributed by atoms with Crippen molar-refractivity contribution >= 4 is 11.6 Å². The largest absolute Gasteiger partial charge is 0.381 e. The molecule has 1 unspecified atom stereocenters. The van der Waals surface area contributed by atoms with E-state index in [4.69, 9.17) is 4.74 Å². The molecule has 0 aliphatic carbocycles. The molecule has 0 saturated carbocycles. The standard InChI is InChI=1S/C15H20N2O4/c1-15(2,12-5-7-13(8-6-12)17(19)20)16-14(18)11-4-3-9-21-10-11/h5-8,11H,3-4,9-10H2,1-2H3,(H,16,18). The quantitative estimate of drug-likeness (QED) is 0.682. The van der Waals surface area contributed by atoms with Crippen LogP contribution in [0.5, 0.6) is 0 Å². The normalized spacial score (nSPS) is 19.0. The molecule has 1 aliphatic heterocycles. The highest BCUT2D eigenvalue weighted by atomic mass is 16.6. The third-order valence-corrected chi connectivity index (χ3v) is 3.77. The highest BCUT2D eigenvalue weighted by Crippen LogP contribution is 2.24. The first-order chi connectivity index (χ1) is 9.90. The Bertz CT molecular complexity index is 519. The summed E-state index contributed by atoms with van der Waals surface area (Å²) in [5, 5.41) is 13.7. The number of benzene rings is 1.